The van der Waals surface area contributed by atoms with Crippen molar-refractivity contribution in [3.8, 4) is 0 Å². The Morgan fingerprint density at radius 3 is 2.92 bits per heavy atom. The monoisotopic (exact) mass is 202 g/mol. The highest BCUT2D eigenvalue weighted by atomic mass is 32.2. The van der Waals surface area contributed by atoms with E-state index in [0.717, 1.165) is 6.54 Å². The molecule has 1 aliphatic heterocycles. The maximum absolute atomic E-state index is 3.50. The van der Waals surface area contributed by atoms with Gasteiger partial charge in [-0.3, -0.25) is 4.90 Å². The number of piperazine rings is 1. The molecule has 0 aromatic heterocycles. The first kappa shape index (κ1) is 11.3. The van der Waals surface area contributed by atoms with Gasteiger partial charge in [-0.05, 0) is 19.6 Å². The number of hydrogen-bond acceptors (Lipinski definition) is 3. The predicted octanol–water partition coefficient (Wildman–Crippen LogP) is 1.42. The number of nitrogens with one attached hydrogen (secondary N) is 1. The standard InChI is InChI=1S/C10H22N2S/c1-4-13-8-7-12-6-5-11-9(2)10(12)3/h9-11H,4-8H2,1-3H3. The summed E-state index contributed by atoms with van der Waals surface area (Å²) in [5, 5.41) is 3.50. The quantitative estimate of drug-likeness (QED) is 0.694. The zero-order chi connectivity index (χ0) is 9.68. The Balaban J connectivity index is 2.23. The van der Waals surface area contributed by atoms with Gasteiger partial charge in [-0.25, -0.2) is 0 Å². The lowest BCUT2D eigenvalue weighted by Gasteiger charge is -2.38. The lowest BCUT2D eigenvalue weighted by molar-refractivity contribution is 0.147. The van der Waals surface area contributed by atoms with Gasteiger partial charge in [0, 0.05) is 37.5 Å². The maximum atomic E-state index is 3.50. The van der Waals surface area contributed by atoms with Crippen LogP contribution in [0.2, 0.25) is 0 Å². The van der Waals surface area contributed by atoms with E-state index in [0.29, 0.717) is 12.1 Å². The summed E-state index contributed by atoms with van der Waals surface area (Å²) < 4.78 is 0. The predicted molar refractivity (Wildman–Crippen MR) is 61.5 cm³/mol. The van der Waals surface area contributed by atoms with Crippen LogP contribution in [0.4, 0.5) is 0 Å². The van der Waals surface area contributed by atoms with E-state index in [-0.39, 0.29) is 0 Å². The van der Waals surface area contributed by atoms with E-state index >= 15 is 0 Å². The minimum Gasteiger partial charge on any atom is -0.311 e. The maximum Gasteiger partial charge on any atom is 0.0219 e. The second-order valence-corrected chi connectivity index (χ2v) is 5.11. The Kier molecular flexibility index (Phi) is 5.14. The summed E-state index contributed by atoms with van der Waals surface area (Å²) in [6.45, 7) is 10.5. The van der Waals surface area contributed by atoms with Crippen molar-refractivity contribution < 1.29 is 0 Å². The zero-order valence-corrected chi connectivity index (χ0v) is 9.86. The molecule has 13 heavy (non-hydrogen) atoms. The van der Waals surface area contributed by atoms with Crippen molar-refractivity contribution in [2.75, 3.05) is 31.1 Å². The molecule has 1 fully saturated rings. The van der Waals surface area contributed by atoms with E-state index < -0.39 is 0 Å². The normalized spacial score (nSPS) is 30.7. The van der Waals surface area contributed by atoms with E-state index in [1.807, 2.05) is 11.8 Å². The van der Waals surface area contributed by atoms with E-state index in [2.05, 4.69) is 31.0 Å². The van der Waals surface area contributed by atoms with Gasteiger partial charge in [-0.15, -0.1) is 0 Å². The van der Waals surface area contributed by atoms with Crippen LogP contribution in [0.15, 0.2) is 0 Å². The third-order valence-electron chi connectivity index (χ3n) is 2.89. The van der Waals surface area contributed by atoms with Crippen LogP contribution in [0.25, 0.3) is 0 Å². The van der Waals surface area contributed by atoms with Crippen molar-refractivity contribution in [3.63, 3.8) is 0 Å². The van der Waals surface area contributed by atoms with E-state index in [4.69, 9.17) is 0 Å². The molecule has 0 aromatic carbocycles. The first-order valence-electron chi connectivity index (χ1n) is 5.31. The molecule has 1 N–H and O–H groups in total. The highest BCUT2D eigenvalue weighted by molar-refractivity contribution is 7.99. The van der Waals surface area contributed by atoms with E-state index in [1.165, 1.54) is 24.6 Å². The Morgan fingerprint density at radius 1 is 1.46 bits per heavy atom. The van der Waals surface area contributed by atoms with Crippen molar-refractivity contribution in [2.24, 2.45) is 0 Å². The minimum absolute atomic E-state index is 0.653. The Morgan fingerprint density at radius 2 is 2.23 bits per heavy atom. The third-order valence-corrected chi connectivity index (χ3v) is 3.77. The molecular formula is C10H22N2S. The first-order chi connectivity index (χ1) is 6.25. The molecule has 1 rings (SSSR count). The summed E-state index contributed by atoms with van der Waals surface area (Å²) in [5.74, 6) is 2.53. The van der Waals surface area contributed by atoms with E-state index in [9.17, 15) is 0 Å². The van der Waals surface area contributed by atoms with Crippen LogP contribution in [0.5, 0.6) is 0 Å². The lowest BCUT2D eigenvalue weighted by Crippen LogP contribution is -2.55. The van der Waals surface area contributed by atoms with Gasteiger partial charge < -0.3 is 5.32 Å². The van der Waals surface area contributed by atoms with Crippen molar-refractivity contribution in [1.82, 2.24) is 10.2 Å². The van der Waals surface area contributed by atoms with Gasteiger partial charge in [0.25, 0.3) is 0 Å². The molecule has 0 amide bonds. The zero-order valence-electron chi connectivity index (χ0n) is 9.05. The fourth-order valence-electron chi connectivity index (χ4n) is 1.77. The molecule has 0 radical (unpaired) electrons. The minimum atomic E-state index is 0.653. The average Bonchev–Trinajstić information content (AvgIpc) is 2.13. The van der Waals surface area contributed by atoms with Crippen LogP contribution < -0.4 is 5.32 Å². The van der Waals surface area contributed by atoms with Gasteiger partial charge in [0.05, 0.1) is 0 Å². The van der Waals surface area contributed by atoms with Crippen molar-refractivity contribution in [1.29, 1.82) is 0 Å². The van der Waals surface area contributed by atoms with Crippen LogP contribution in [0, 0.1) is 0 Å². The highest BCUT2D eigenvalue weighted by Gasteiger charge is 2.23. The summed E-state index contributed by atoms with van der Waals surface area (Å²) in [5.41, 5.74) is 0. The second-order valence-electron chi connectivity index (χ2n) is 3.72. The van der Waals surface area contributed by atoms with Crippen molar-refractivity contribution in [2.45, 2.75) is 32.9 Å². The first-order valence-corrected chi connectivity index (χ1v) is 6.46. The number of rotatable bonds is 4. The summed E-state index contributed by atoms with van der Waals surface area (Å²) in [6.07, 6.45) is 0. The van der Waals surface area contributed by atoms with Crippen molar-refractivity contribution in [3.05, 3.63) is 0 Å². The lowest BCUT2D eigenvalue weighted by atomic mass is 10.1. The Hall–Kier alpha value is 0.270. The highest BCUT2D eigenvalue weighted by Crippen LogP contribution is 2.10. The summed E-state index contributed by atoms with van der Waals surface area (Å²) in [4.78, 5) is 2.60. The SMILES string of the molecule is CCSCCN1CCNC(C)C1C. The topological polar surface area (TPSA) is 15.3 Å². The largest absolute Gasteiger partial charge is 0.311 e. The van der Waals surface area contributed by atoms with Crippen LogP contribution in [-0.4, -0.2) is 48.1 Å². The molecular weight excluding hydrogens is 180 g/mol. The molecule has 1 saturated heterocycles. The third kappa shape index (κ3) is 3.49. The molecule has 2 nitrogen and oxygen atoms in total. The van der Waals surface area contributed by atoms with Gasteiger partial charge in [0.1, 0.15) is 0 Å². The van der Waals surface area contributed by atoms with Crippen LogP contribution >= 0.6 is 11.8 Å². The van der Waals surface area contributed by atoms with Gasteiger partial charge in [-0.2, -0.15) is 11.8 Å². The molecule has 1 aliphatic rings. The molecule has 3 heteroatoms. The number of thioether (sulfide) groups is 1. The van der Waals surface area contributed by atoms with Crippen LogP contribution in [-0.2, 0) is 0 Å². The smallest absolute Gasteiger partial charge is 0.0219 e. The summed E-state index contributed by atoms with van der Waals surface area (Å²) in [7, 11) is 0. The molecule has 0 aliphatic carbocycles. The van der Waals surface area contributed by atoms with Gasteiger partial charge in [0.15, 0.2) is 0 Å². The van der Waals surface area contributed by atoms with Gasteiger partial charge in [-0.1, -0.05) is 6.92 Å². The fourth-order valence-corrected chi connectivity index (χ4v) is 2.42. The Bertz CT molecular complexity index is 141. The summed E-state index contributed by atoms with van der Waals surface area (Å²) in [6, 6.07) is 1.35. The molecule has 78 valence electrons. The molecule has 1 heterocycles. The molecule has 2 unspecified atom stereocenters. The van der Waals surface area contributed by atoms with Gasteiger partial charge >= 0.3 is 0 Å². The van der Waals surface area contributed by atoms with Crippen LogP contribution in [0.3, 0.4) is 0 Å². The Labute approximate surface area is 86.5 Å². The molecule has 0 saturated carbocycles. The summed E-state index contributed by atoms with van der Waals surface area (Å²) >= 11 is 2.04. The number of hydrogen-bond donors (Lipinski definition) is 1. The number of nitrogens with zero attached hydrogens (tertiary/aromatic N) is 1. The van der Waals surface area contributed by atoms with Crippen LogP contribution in [0.1, 0.15) is 20.8 Å². The molecule has 0 bridgehead atoms. The molecule has 0 aromatic rings. The average molecular weight is 202 g/mol. The van der Waals surface area contributed by atoms with E-state index in [1.54, 1.807) is 0 Å². The van der Waals surface area contributed by atoms with Gasteiger partial charge in [0.2, 0.25) is 0 Å². The second kappa shape index (κ2) is 5.89. The molecule has 2 atom stereocenters. The van der Waals surface area contributed by atoms with Crippen molar-refractivity contribution >= 4 is 11.8 Å². The fraction of sp³-hybridized carbons (Fsp3) is 1.00. The molecule has 0 spiro atoms.